The number of rotatable bonds is 3. The molecule has 2 nitrogen and oxygen atoms in total. The fourth-order valence-corrected chi connectivity index (χ4v) is 3.20. The summed E-state index contributed by atoms with van der Waals surface area (Å²) in [5, 5.41) is 4.82. The van der Waals surface area contributed by atoms with Gasteiger partial charge in [-0.3, -0.25) is 0 Å². The minimum absolute atomic E-state index is 1.00. The van der Waals surface area contributed by atoms with E-state index >= 15 is 0 Å². The van der Waals surface area contributed by atoms with Crippen molar-refractivity contribution in [3.8, 4) is 0 Å². The molecule has 0 bridgehead atoms. The van der Waals surface area contributed by atoms with Crippen LogP contribution in [0.2, 0.25) is 0 Å². The molecule has 0 amide bonds. The summed E-state index contributed by atoms with van der Waals surface area (Å²) in [7, 11) is 0. The van der Waals surface area contributed by atoms with E-state index in [0.717, 1.165) is 26.1 Å². The Morgan fingerprint density at radius 2 is 2.11 bits per heavy atom. The standard InChI is InChI=1S/C17H22N2/c1-3-12-19-13(2)17(14-8-10-18-11-9-14)15-6-4-5-7-16(15)19/h4-8,18H,3,9-12H2,1-2H3. The van der Waals surface area contributed by atoms with Gasteiger partial charge in [0.1, 0.15) is 0 Å². The molecule has 0 unspecified atom stereocenters. The lowest BCUT2D eigenvalue weighted by molar-refractivity contribution is 0.683. The van der Waals surface area contributed by atoms with Gasteiger partial charge in [0.25, 0.3) is 0 Å². The van der Waals surface area contributed by atoms with Gasteiger partial charge in [-0.15, -0.1) is 0 Å². The first-order chi connectivity index (χ1) is 9.33. The molecule has 0 fully saturated rings. The van der Waals surface area contributed by atoms with E-state index in [-0.39, 0.29) is 0 Å². The third-order valence-electron chi connectivity index (χ3n) is 4.06. The zero-order valence-corrected chi connectivity index (χ0v) is 11.9. The zero-order valence-electron chi connectivity index (χ0n) is 11.9. The van der Waals surface area contributed by atoms with Crippen LogP contribution < -0.4 is 5.32 Å². The number of aromatic nitrogens is 1. The number of nitrogens with zero attached hydrogens (tertiary/aromatic N) is 1. The predicted molar refractivity (Wildman–Crippen MR) is 82.4 cm³/mol. The van der Waals surface area contributed by atoms with Crippen LogP contribution in [0.5, 0.6) is 0 Å². The molecule has 1 aliphatic heterocycles. The summed E-state index contributed by atoms with van der Waals surface area (Å²) < 4.78 is 2.48. The maximum Gasteiger partial charge on any atom is 0.0488 e. The second-order valence-electron chi connectivity index (χ2n) is 5.31. The van der Waals surface area contributed by atoms with E-state index in [1.54, 1.807) is 0 Å². The van der Waals surface area contributed by atoms with Crippen LogP contribution in [0.15, 0.2) is 30.3 Å². The zero-order chi connectivity index (χ0) is 13.2. The third kappa shape index (κ3) is 2.10. The summed E-state index contributed by atoms with van der Waals surface area (Å²) in [6, 6.07) is 8.83. The lowest BCUT2D eigenvalue weighted by Gasteiger charge is -2.15. The molecule has 0 saturated carbocycles. The van der Waals surface area contributed by atoms with Crippen molar-refractivity contribution in [3.05, 3.63) is 41.6 Å². The highest BCUT2D eigenvalue weighted by molar-refractivity contribution is 5.95. The first-order valence-corrected chi connectivity index (χ1v) is 7.31. The highest BCUT2D eigenvalue weighted by Gasteiger charge is 2.17. The minimum Gasteiger partial charge on any atom is -0.344 e. The van der Waals surface area contributed by atoms with Crippen molar-refractivity contribution in [1.29, 1.82) is 0 Å². The molecule has 1 aromatic carbocycles. The number of nitrogens with one attached hydrogen (secondary N) is 1. The van der Waals surface area contributed by atoms with Crippen molar-refractivity contribution in [2.75, 3.05) is 13.1 Å². The van der Waals surface area contributed by atoms with Gasteiger partial charge in [0.15, 0.2) is 0 Å². The van der Waals surface area contributed by atoms with Crippen LogP contribution >= 0.6 is 0 Å². The Morgan fingerprint density at radius 1 is 1.26 bits per heavy atom. The molecule has 0 saturated heterocycles. The molecular weight excluding hydrogens is 232 g/mol. The van der Waals surface area contributed by atoms with Crippen LogP contribution in [0.25, 0.3) is 16.5 Å². The topological polar surface area (TPSA) is 17.0 Å². The van der Waals surface area contributed by atoms with E-state index in [1.807, 2.05) is 0 Å². The summed E-state index contributed by atoms with van der Waals surface area (Å²) >= 11 is 0. The van der Waals surface area contributed by atoms with Gasteiger partial charge in [-0.2, -0.15) is 0 Å². The van der Waals surface area contributed by atoms with Crippen LogP contribution in [0.4, 0.5) is 0 Å². The fourth-order valence-electron chi connectivity index (χ4n) is 3.20. The van der Waals surface area contributed by atoms with Crippen LogP contribution in [-0.2, 0) is 6.54 Å². The summed E-state index contributed by atoms with van der Waals surface area (Å²) in [5.74, 6) is 0. The monoisotopic (exact) mass is 254 g/mol. The second kappa shape index (κ2) is 5.22. The minimum atomic E-state index is 1.00. The Morgan fingerprint density at radius 3 is 2.84 bits per heavy atom. The lowest BCUT2D eigenvalue weighted by Crippen LogP contribution is -2.20. The molecule has 1 aromatic heterocycles. The summed E-state index contributed by atoms with van der Waals surface area (Å²) in [5.41, 5.74) is 5.81. The van der Waals surface area contributed by atoms with Gasteiger partial charge in [-0.25, -0.2) is 0 Å². The van der Waals surface area contributed by atoms with Gasteiger partial charge in [0.05, 0.1) is 0 Å². The SMILES string of the molecule is CCCn1c(C)c(C2=CCNCC2)c2ccccc21. The quantitative estimate of drug-likeness (QED) is 0.883. The van der Waals surface area contributed by atoms with Gasteiger partial charge in [0.2, 0.25) is 0 Å². The molecule has 2 aromatic rings. The third-order valence-corrected chi connectivity index (χ3v) is 4.06. The van der Waals surface area contributed by atoms with E-state index < -0.39 is 0 Å². The number of aryl methyl sites for hydroxylation is 1. The van der Waals surface area contributed by atoms with Gasteiger partial charge >= 0.3 is 0 Å². The van der Waals surface area contributed by atoms with E-state index in [1.165, 1.54) is 34.2 Å². The predicted octanol–water partition coefficient (Wildman–Crippen LogP) is 3.74. The summed E-state index contributed by atoms with van der Waals surface area (Å²) in [6.07, 6.45) is 4.68. The van der Waals surface area contributed by atoms with Gasteiger partial charge in [-0.05, 0) is 37.9 Å². The molecule has 1 aliphatic rings. The Kier molecular flexibility index (Phi) is 3.43. The highest BCUT2D eigenvalue weighted by atomic mass is 15.0. The molecule has 100 valence electrons. The largest absolute Gasteiger partial charge is 0.344 e. The number of hydrogen-bond acceptors (Lipinski definition) is 1. The van der Waals surface area contributed by atoms with Crippen LogP contribution in [0, 0.1) is 6.92 Å². The van der Waals surface area contributed by atoms with Crippen molar-refractivity contribution < 1.29 is 0 Å². The number of benzene rings is 1. The van der Waals surface area contributed by atoms with Gasteiger partial charge in [-0.1, -0.05) is 31.2 Å². The lowest BCUT2D eigenvalue weighted by atomic mass is 9.97. The van der Waals surface area contributed by atoms with Crippen molar-refractivity contribution in [3.63, 3.8) is 0 Å². The molecule has 2 heteroatoms. The molecular formula is C17H22N2. The molecule has 1 N–H and O–H groups in total. The Labute approximate surface area is 115 Å². The van der Waals surface area contributed by atoms with Crippen LogP contribution in [0.1, 0.15) is 31.0 Å². The van der Waals surface area contributed by atoms with Crippen molar-refractivity contribution in [1.82, 2.24) is 9.88 Å². The number of hydrogen-bond donors (Lipinski definition) is 1. The van der Waals surface area contributed by atoms with E-state index in [0.29, 0.717) is 0 Å². The average molecular weight is 254 g/mol. The second-order valence-corrected chi connectivity index (χ2v) is 5.31. The summed E-state index contributed by atoms with van der Waals surface area (Å²) in [4.78, 5) is 0. The maximum atomic E-state index is 3.40. The van der Waals surface area contributed by atoms with Crippen LogP contribution in [0.3, 0.4) is 0 Å². The molecule has 19 heavy (non-hydrogen) atoms. The number of fused-ring (bicyclic) bond motifs is 1. The van der Waals surface area contributed by atoms with E-state index in [2.05, 4.69) is 54.1 Å². The molecule has 3 rings (SSSR count). The Balaban J connectivity index is 2.23. The average Bonchev–Trinajstić information content (AvgIpc) is 2.73. The van der Waals surface area contributed by atoms with E-state index in [4.69, 9.17) is 0 Å². The molecule has 0 atom stereocenters. The Bertz CT molecular complexity index is 619. The first-order valence-electron chi connectivity index (χ1n) is 7.31. The van der Waals surface area contributed by atoms with Crippen molar-refractivity contribution in [2.24, 2.45) is 0 Å². The summed E-state index contributed by atoms with van der Waals surface area (Å²) in [6.45, 7) is 7.73. The smallest absolute Gasteiger partial charge is 0.0488 e. The fraction of sp³-hybridized carbons (Fsp3) is 0.412. The van der Waals surface area contributed by atoms with E-state index in [9.17, 15) is 0 Å². The normalized spacial score (nSPS) is 15.8. The molecule has 0 radical (unpaired) electrons. The van der Waals surface area contributed by atoms with Gasteiger partial charge < -0.3 is 9.88 Å². The maximum absolute atomic E-state index is 3.40. The van der Waals surface area contributed by atoms with Crippen LogP contribution in [-0.4, -0.2) is 17.7 Å². The molecule has 0 spiro atoms. The Hall–Kier alpha value is -1.54. The van der Waals surface area contributed by atoms with Crippen molar-refractivity contribution in [2.45, 2.75) is 33.2 Å². The van der Waals surface area contributed by atoms with Gasteiger partial charge in [0, 0.05) is 35.2 Å². The molecule has 0 aliphatic carbocycles. The molecule has 2 heterocycles. The first kappa shape index (κ1) is 12.5. The highest BCUT2D eigenvalue weighted by Crippen LogP contribution is 2.33. The number of para-hydroxylation sites is 1. The van der Waals surface area contributed by atoms with Crippen molar-refractivity contribution >= 4 is 16.5 Å².